The Morgan fingerprint density at radius 1 is 1.06 bits per heavy atom. The summed E-state index contributed by atoms with van der Waals surface area (Å²) in [6.45, 7) is 0.172. The van der Waals surface area contributed by atoms with Crippen molar-refractivity contribution in [3.63, 3.8) is 0 Å². The van der Waals surface area contributed by atoms with Crippen molar-refractivity contribution in [1.82, 2.24) is 9.97 Å². The van der Waals surface area contributed by atoms with E-state index in [4.69, 9.17) is 16.7 Å². The molecule has 34 heavy (non-hydrogen) atoms. The highest BCUT2D eigenvalue weighted by atomic mass is 35.5. The van der Waals surface area contributed by atoms with Crippen molar-refractivity contribution in [2.24, 2.45) is 0 Å². The Hall–Kier alpha value is -3.60. The lowest BCUT2D eigenvalue weighted by molar-refractivity contribution is 0.103. The summed E-state index contributed by atoms with van der Waals surface area (Å²) in [5.41, 5.74) is 0.0720. The van der Waals surface area contributed by atoms with E-state index in [-0.39, 0.29) is 28.6 Å². The number of sulfonamides is 1. The standard InChI is InChI=1S/C23H18ClFN4O4S/c24-16-7-9-18(29-34(32,33)15-4-2-1-3-5-15)22(25)21(16)23(31)14-6-8-17-19(12-14)28-20(13-27-17)26-10-11-30/h1-9,12-13,29-30H,10-11H2,(H,26,28). The highest BCUT2D eigenvalue weighted by Crippen LogP contribution is 2.30. The number of halogens is 2. The van der Waals surface area contributed by atoms with Gasteiger partial charge < -0.3 is 10.4 Å². The summed E-state index contributed by atoms with van der Waals surface area (Å²) in [4.78, 5) is 21.7. The molecule has 0 saturated heterocycles. The lowest BCUT2D eigenvalue weighted by atomic mass is 10.0. The zero-order valence-corrected chi connectivity index (χ0v) is 19.1. The molecule has 1 aromatic heterocycles. The van der Waals surface area contributed by atoms with Gasteiger partial charge in [-0.25, -0.2) is 17.8 Å². The number of hydrogen-bond acceptors (Lipinski definition) is 7. The van der Waals surface area contributed by atoms with Crippen molar-refractivity contribution in [3.05, 3.63) is 88.8 Å². The lowest BCUT2D eigenvalue weighted by Crippen LogP contribution is -2.16. The van der Waals surface area contributed by atoms with Crippen molar-refractivity contribution in [3.8, 4) is 0 Å². The molecule has 0 radical (unpaired) electrons. The number of aliphatic hydroxyl groups excluding tert-OH is 1. The molecule has 0 spiro atoms. The minimum Gasteiger partial charge on any atom is -0.395 e. The summed E-state index contributed by atoms with van der Waals surface area (Å²) >= 11 is 6.14. The topological polar surface area (TPSA) is 121 Å². The first-order valence-electron chi connectivity index (χ1n) is 10.0. The molecule has 0 fully saturated rings. The fourth-order valence-electron chi connectivity index (χ4n) is 3.21. The Kier molecular flexibility index (Phi) is 6.73. The van der Waals surface area contributed by atoms with E-state index in [0.29, 0.717) is 16.9 Å². The Morgan fingerprint density at radius 2 is 1.82 bits per heavy atom. The number of benzene rings is 3. The molecule has 0 bridgehead atoms. The quantitative estimate of drug-likeness (QED) is 0.314. The minimum atomic E-state index is -4.08. The Labute approximate surface area is 199 Å². The largest absolute Gasteiger partial charge is 0.395 e. The summed E-state index contributed by atoms with van der Waals surface area (Å²) in [6.07, 6.45) is 1.48. The first-order valence-corrected chi connectivity index (χ1v) is 11.9. The van der Waals surface area contributed by atoms with Gasteiger partial charge in [-0.3, -0.25) is 14.5 Å². The van der Waals surface area contributed by atoms with Crippen LogP contribution in [-0.4, -0.2) is 42.4 Å². The molecule has 3 aromatic carbocycles. The van der Waals surface area contributed by atoms with Gasteiger partial charge in [-0.05, 0) is 42.5 Å². The molecule has 11 heteroatoms. The highest BCUT2D eigenvalue weighted by Gasteiger charge is 2.24. The van der Waals surface area contributed by atoms with Gasteiger partial charge in [0.2, 0.25) is 0 Å². The van der Waals surface area contributed by atoms with Crippen molar-refractivity contribution in [2.45, 2.75) is 4.90 Å². The molecule has 174 valence electrons. The van der Waals surface area contributed by atoms with Crippen LogP contribution in [0.25, 0.3) is 11.0 Å². The van der Waals surface area contributed by atoms with Crippen LogP contribution in [0.2, 0.25) is 5.02 Å². The summed E-state index contributed by atoms with van der Waals surface area (Å²) in [6, 6.07) is 14.3. The van der Waals surface area contributed by atoms with Gasteiger partial charge in [-0.2, -0.15) is 0 Å². The van der Waals surface area contributed by atoms with Gasteiger partial charge in [0, 0.05) is 12.1 Å². The third-order valence-corrected chi connectivity index (χ3v) is 6.53. The molecule has 8 nitrogen and oxygen atoms in total. The van der Waals surface area contributed by atoms with E-state index in [9.17, 15) is 13.2 Å². The fraction of sp³-hybridized carbons (Fsp3) is 0.0870. The van der Waals surface area contributed by atoms with Crippen LogP contribution in [0, 0.1) is 5.82 Å². The van der Waals surface area contributed by atoms with Crippen LogP contribution in [-0.2, 0) is 10.0 Å². The molecule has 0 unspecified atom stereocenters. The van der Waals surface area contributed by atoms with Gasteiger partial charge in [0.1, 0.15) is 5.82 Å². The van der Waals surface area contributed by atoms with Gasteiger partial charge >= 0.3 is 0 Å². The molecule has 4 rings (SSSR count). The summed E-state index contributed by atoms with van der Waals surface area (Å²) in [5.74, 6) is -1.45. The maximum absolute atomic E-state index is 15.3. The van der Waals surface area contributed by atoms with Gasteiger partial charge in [0.15, 0.2) is 11.6 Å². The summed E-state index contributed by atoms with van der Waals surface area (Å²) < 4.78 is 42.7. The first-order chi connectivity index (χ1) is 16.3. The molecule has 0 aliphatic heterocycles. The van der Waals surface area contributed by atoms with Gasteiger partial charge in [0.25, 0.3) is 10.0 Å². The molecule has 4 aromatic rings. The van der Waals surface area contributed by atoms with E-state index in [0.717, 1.165) is 6.07 Å². The maximum atomic E-state index is 15.3. The van der Waals surface area contributed by atoms with Gasteiger partial charge in [0.05, 0.1) is 45.0 Å². The van der Waals surface area contributed by atoms with E-state index in [2.05, 4.69) is 20.0 Å². The second-order valence-corrected chi connectivity index (χ2v) is 9.23. The lowest BCUT2D eigenvalue weighted by Gasteiger charge is -2.13. The number of hydrogen-bond donors (Lipinski definition) is 3. The van der Waals surface area contributed by atoms with E-state index >= 15 is 4.39 Å². The molecule has 3 N–H and O–H groups in total. The number of aliphatic hydroxyl groups is 1. The van der Waals surface area contributed by atoms with Crippen LogP contribution < -0.4 is 10.0 Å². The number of nitrogens with zero attached hydrogens (tertiary/aromatic N) is 2. The number of carbonyl (C=O) groups excluding carboxylic acids is 1. The number of anilines is 2. The minimum absolute atomic E-state index is 0.0593. The monoisotopic (exact) mass is 500 g/mol. The van der Waals surface area contributed by atoms with Gasteiger partial charge in [-0.15, -0.1) is 0 Å². The smallest absolute Gasteiger partial charge is 0.261 e. The predicted octanol–water partition coefficient (Wildman–Crippen LogP) is 3.86. The van der Waals surface area contributed by atoms with Crippen LogP contribution in [0.1, 0.15) is 15.9 Å². The second kappa shape index (κ2) is 9.72. The molecular formula is C23H18ClFN4O4S. The zero-order valence-electron chi connectivity index (χ0n) is 17.5. The SMILES string of the molecule is O=C(c1ccc2ncc(NCCO)nc2c1)c1c(Cl)ccc(NS(=O)(=O)c2ccccc2)c1F. The van der Waals surface area contributed by atoms with Crippen LogP contribution in [0.5, 0.6) is 0 Å². The van der Waals surface area contributed by atoms with Gasteiger partial charge in [-0.1, -0.05) is 29.8 Å². The molecule has 1 heterocycles. The normalized spacial score (nSPS) is 11.4. The van der Waals surface area contributed by atoms with Crippen molar-refractivity contribution in [1.29, 1.82) is 0 Å². The number of carbonyl (C=O) groups is 1. The predicted molar refractivity (Wildman–Crippen MR) is 127 cm³/mol. The van der Waals surface area contributed by atoms with E-state index < -0.39 is 32.9 Å². The first kappa shape index (κ1) is 23.6. The number of aromatic nitrogens is 2. The second-order valence-electron chi connectivity index (χ2n) is 7.14. The van der Waals surface area contributed by atoms with E-state index in [1.54, 1.807) is 12.1 Å². The van der Waals surface area contributed by atoms with Crippen LogP contribution >= 0.6 is 11.6 Å². The number of fused-ring (bicyclic) bond motifs is 1. The van der Waals surface area contributed by atoms with E-state index in [1.165, 1.54) is 48.7 Å². The van der Waals surface area contributed by atoms with Crippen LogP contribution in [0.4, 0.5) is 15.9 Å². The zero-order chi connectivity index (χ0) is 24.3. The highest BCUT2D eigenvalue weighted by molar-refractivity contribution is 7.92. The molecule has 0 aliphatic carbocycles. The molecule has 0 saturated carbocycles. The summed E-state index contributed by atoms with van der Waals surface area (Å²) in [5, 5.41) is 11.6. The molecule has 0 aliphatic rings. The fourth-order valence-corrected chi connectivity index (χ4v) is 4.52. The third-order valence-electron chi connectivity index (χ3n) is 4.84. The maximum Gasteiger partial charge on any atom is 0.261 e. The van der Waals surface area contributed by atoms with Crippen molar-refractivity contribution >= 4 is 49.9 Å². The average molecular weight is 501 g/mol. The molecule has 0 amide bonds. The Morgan fingerprint density at radius 3 is 2.56 bits per heavy atom. The summed E-state index contributed by atoms with van der Waals surface area (Å²) in [7, 11) is -4.08. The molecular weight excluding hydrogens is 483 g/mol. The molecule has 0 atom stereocenters. The Bertz CT molecular complexity index is 1480. The Balaban J connectivity index is 1.70. The van der Waals surface area contributed by atoms with E-state index in [1.807, 2.05) is 0 Å². The van der Waals surface area contributed by atoms with Crippen molar-refractivity contribution < 1.29 is 22.7 Å². The van der Waals surface area contributed by atoms with Crippen molar-refractivity contribution in [2.75, 3.05) is 23.2 Å². The van der Waals surface area contributed by atoms with Crippen LogP contribution in [0.15, 0.2) is 71.8 Å². The number of ketones is 1. The average Bonchev–Trinajstić information content (AvgIpc) is 2.84. The third kappa shape index (κ3) is 4.84. The number of nitrogens with one attached hydrogen (secondary N) is 2. The van der Waals surface area contributed by atoms with Crippen LogP contribution in [0.3, 0.4) is 0 Å². The number of rotatable bonds is 8.